The molecular formula is C19H20F3N2O3Re-. The standard InChI is InChI=1S/C19H20F3N2O3.Re/c1-4-24(15-6-5-7-17(12-15)27-19(20,21)22)13-18(25)23(2)14-8-10-16(26-3)11-9-14;/h5-12H,1,4,13H2,2-3H3;/q-1;. The summed E-state index contributed by atoms with van der Waals surface area (Å²) < 4.78 is 46.2. The van der Waals surface area contributed by atoms with Crippen molar-refractivity contribution in [3.63, 3.8) is 0 Å². The maximum atomic E-state index is 12.6. The van der Waals surface area contributed by atoms with Gasteiger partial charge in [-0.2, -0.15) is 0 Å². The van der Waals surface area contributed by atoms with Crippen molar-refractivity contribution in [2.24, 2.45) is 0 Å². The molecule has 1 amide bonds. The molecule has 0 bridgehead atoms. The van der Waals surface area contributed by atoms with E-state index >= 15 is 0 Å². The number of likely N-dealkylation sites (N-methyl/N-ethyl adjacent to an activating group) is 1. The first-order chi connectivity index (χ1) is 12.7. The normalized spacial score (nSPS) is 10.6. The molecule has 0 N–H and O–H groups in total. The number of amides is 1. The molecule has 2 aromatic rings. The molecule has 2 rings (SSSR count). The summed E-state index contributed by atoms with van der Waals surface area (Å²) in [6.45, 7) is 3.89. The van der Waals surface area contributed by atoms with Crippen LogP contribution in [-0.2, 0) is 25.2 Å². The van der Waals surface area contributed by atoms with E-state index in [1.54, 1.807) is 49.4 Å². The second-order valence-electron chi connectivity index (χ2n) is 5.62. The molecule has 5 nitrogen and oxygen atoms in total. The van der Waals surface area contributed by atoms with Gasteiger partial charge in [0.15, 0.2) is 0 Å². The minimum Gasteiger partial charge on any atom is -0.497 e. The fourth-order valence-electron chi connectivity index (χ4n) is 2.40. The number of alkyl halides is 3. The van der Waals surface area contributed by atoms with Crippen molar-refractivity contribution in [1.82, 2.24) is 0 Å². The maximum Gasteiger partial charge on any atom is 0.573 e. The molecule has 0 aliphatic carbocycles. The van der Waals surface area contributed by atoms with Crippen LogP contribution in [0.2, 0.25) is 0 Å². The Kier molecular flexibility index (Phi) is 8.79. The molecule has 0 saturated heterocycles. The van der Waals surface area contributed by atoms with Crippen molar-refractivity contribution < 1.29 is 47.9 Å². The van der Waals surface area contributed by atoms with Crippen LogP contribution in [0.4, 0.5) is 24.5 Å². The number of ether oxygens (including phenoxy) is 2. The molecule has 0 heterocycles. The Morgan fingerprint density at radius 3 is 2.25 bits per heavy atom. The number of benzene rings is 2. The summed E-state index contributed by atoms with van der Waals surface area (Å²) in [6.07, 6.45) is -4.78. The van der Waals surface area contributed by atoms with Gasteiger partial charge in [0.2, 0.25) is 5.91 Å². The molecule has 0 fully saturated rings. The summed E-state index contributed by atoms with van der Waals surface area (Å²) in [5.41, 5.74) is 1.07. The zero-order chi connectivity index (χ0) is 20.0. The second kappa shape index (κ2) is 10.3. The monoisotopic (exact) mass is 568 g/mol. The summed E-state index contributed by atoms with van der Waals surface area (Å²) in [4.78, 5) is 15.6. The number of hydrogen-bond donors (Lipinski definition) is 0. The first-order valence-corrected chi connectivity index (χ1v) is 8.04. The van der Waals surface area contributed by atoms with Crippen molar-refractivity contribution in [2.45, 2.75) is 6.36 Å². The summed E-state index contributed by atoms with van der Waals surface area (Å²) in [6, 6.07) is 12.4. The van der Waals surface area contributed by atoms with Gasteiger partial charge in [0.1, 0.15) is 11.5 Å². The largest absolute Gasteiger partial charge is 0.573 e. The van der Waals surface area contributed by atoms with Crippen LogP contribution in [0.15, 0.2) is 48.5 Å². The Morgan fingerprint density at radius 1 is 1.07 bits per heavy atom. The van der Waals surface area contributed by atoms with Gasteiger partial charge in [-0.05, 0) is 36.4 Å². The minimum atomic E-state index is -4.78. The Hall–Kier alpha value is -2.24. The van der Waals surface area contributed by atoms with E-state index in [1.807, 2.05) is 0 Å². The third-order valence-corrected chi connectivity index (χ3v) is 3.85. The van der Waals surface area contributed by atoms with Crippen molar-refractivity contribution >= 4 is 17.3 Å². The minimum absolute atomic E-state index is 0. The van der Waals surface area contributed by atoms with E-state index in [1.165, 1.54) is 23.1 Å². The quantitative estimate of drug-likeness (QED) is 0.477. The Morgan fingerprint density at radius 2 is 1.71 bits per heavy atom. The number of nitrogens with zero attached hydrogens (tertiary/aromatic N) is 2. The molecular weight excluding hydrogens is 547 g/mol. The van der Waals surface area contributed by atoms with Gasteiger partial charge in [0.05, 0.1) is 13.7 Å². The fraction of sp³-hybridized carbons (Fsp3) is 0.263. The van der Waals surface area contributed by atoms with Crippen LogP contribution in [0.1, 0.15) is 0 Å². The first kappa shape index (κ1) is 23.8. The molecule has 0 aliphatic heterocycles. The number of methoxy groups -OCH3 is 1. The van der Waals surface area contributed by atoms with Crippen molar-refractivity contribution in [1.29, 1.82) is 0 Å². The van der Waals surface area contributed by atoms with Crippen LogP contribution < -0.4 is 19.3 Å². The van der Waals surface area contributed by atoms with E-state index in [0.29, 0.717) is 17.1 Å². The van der Waals surface area contributed by atoms with Crippen LogP contribution >= 0.6 is 0 Å². The topological polar surface area (TPSA) is 42.0 Å². The second-order valence-corrected chi connectivity index (χ2v) is 5.62. The van der Waals surface area contributed by atoms with Crippen molar-refractivity contribution in [2.75, 3.05) is 37.0 Å². The van der Waals surface area contributed by atoms with Gasteiger partial charge >= 0.3 is 6.36 Å². The third-order valence-electron chi connectivity index (χ3n) is 3.85. The Bertz CT molecular complexity index is 770. The van der Waals surface area contributed by atoms with Gasteiger partial charge in [-0.1, -0.05) is 6.07 Å². The van der Waals surface area contributed by atoms with E-state index in [9.17, 15) is 18.0 Å². The van der Waals surface area contributed by atoms with Crippen LogP contribution in [-0.4, -0.2) is 39.5 Å². The molecule has 28 heavy (non-hydrogen) atoms. The predicted octanol–water partition coefficient (Wildman–Crippen LogP) is 3.89. The van der Waals surface area contributed by atoms with Gasteiger partial charge in [-0.3, -0.25) is 4.79 Å². The number of hydrogen-bond acceptors (Lipinski definition) is 4. The van der Waals surface area contributed by atoms with E-state index in [2.05, 4.69) is 11.7 Å². The maximum absolute atomic E-state index is 12.6. The molecule has 9 heteroatoms. The molecule has 0 unspecified atom stereocenters. The number of carbonyl (C=O) groups excluding carboxylic acids is 1. The SMILES string of the molecule is [CH2-]CN(CC(=O)N(C)c1ccc(OC)cc1)c1cccc(OC(F)(F)F)c1.[Re]. The zero-order valence-electron chi connectivity index (χ0n) is 15.4. The van der Waals surface area contributed by atoms with Crippen LogP contribution in [0.25, 0.3) is 0 Å². The third kappa shape index (κ3) is 6.73. The van der Waals surface area contributed by atoms with Crippen molar-refractivity contribution in [3.05, 3.63) is 55.5 Å². The predicted molar refractivity (Wildman–Crippen MR) is 97.1 cm³/mol. The number of carbonyl (C=O) groups is 1. The fourth-order valence-corrected chi connectivity index (χ4v) is 2.40. The van der Waals surface area contributed by atoms with Crippen LogP contribution in [0.3, 0.4) is 0 Å². The number of rotatable bonds is 7. The number of anilines is 2. The van der Waals surface area contributed by atoms with Crippen molar-refractivity contribution in [3.8, 4) is 11.5 Å². The van der Waals surface area contributed by atoms with Crippen LogP contribution in [0, 0.1) is 6.92 Å². The van der Waals surface area contributed by atoms with E-state index in [4.69, 9.17) is 4.74 Å². The van der Waals surface area contributed by atoms with E-state index in [-0.39, 0.29) is 45.2 Å². The number of halogens is 3. The van der Waals surface area contributed by atoms with E-state index < -0.39 is 6.36 Å². The zero-order valence-corrected chi connectivity index (χ0v) is 18.1. The summed E-state index contributed by atoms with van der Waals surface area (Å²) in [7, 11) is 3.17. The summed E-state index contributed by atoms with van der Waals surface area (Å²) in [5, 5.41) is 0. The average molecular weight is 568 g/mol. The molecule has 153 valence electrons. The van der Waals surface area contributed by atoms with Crippen LogP contribution in [0.5, 0.6) is 11.5 Å². The smallest absolute Gasteiger partial charge is 0.497 e. The molecule has 1 radical (unpaired) electrons. The summed E-state index contributed by atoms with van der Waals surface area (Å²) >= 11 is 0. The molecule has 0 aromatic heterocycles. The molecule has 0 spiro atoms. The summed E-state index contributed by atoms with van der Waals surface area (Å²) in [5.74, 6) is 0.0702. The molecule has 0 aliphatic rings. The molecule has 2 aromatic carbocycles. The van der Waals surface area contributed by atoms with Gasteiger partial charge in [0, 0.05) is 44.9 Å². The van der Waals surface area contributed by atoms with E-state index in [0.717, 1.165) is 0 Å². The van der Waals surface area contributed by atoms with Gasteiger partial charge in [0.25, 0.3) is 0 Å². The Labute approximate surface area is 175 Å². The van der Waals surface area contributed by atoms with Gasteiger partial charge in [-0.25, -0.2) is 0 Å². The van der Waals surface area contributed by atoms with Gasteiger partial charge in [-0.15, -0.1) is 19.7 Å². The Balaban J connectivity index is 0.00000392. The van der Waals surface area contributed by atoms with Gasteiger partial charge < -0.3 is 26.2 Å². The molecule has 0 saturated carbocycles. The molecule has 0 atom stereocenters. The first-order valence-electron chi connectivity index (χ1n) is 8.04. The average Bonchev–Trinajstić information content (AvgIpc) is 2.64.